The highest BCUT2D eigenvalue weighted by Crippen LogP contribution is 2.19. The molecule has 314 valence electrons. The highest BCUT2D eigenvalue weighted by Gasteiger charge is 2.25. The van der Waals surface area contributed by atoms with Crippen LogP contribution in [-0.2, 0) is 12.8 Å². The first-order valence-corrected chi connectivity index (χ1v) is 22.4. The van der Waals surface area contributed by atoms with Crippen LogP contribution in [0.1, 0.15) is 57.6 Å². The fraction of sp³-hybridized carbons (Fsp3) is 0.277. The second-order valence-corrected chi connectivity index (χ2v) is 16.6. The Morgan fingerprint density at radius 1 is 0.492 bits per heavy atom. The van der Waals surface area contributed by atoms with E-state index >= 15 is 0 Å². The molecule has 14 heteroatoms. The summed E-state index contributed by atoms with van der Waals surface area (Å²) < 4.78 is 0. The van der Waals surface area contributed by atoms with E-state index in [1.54, 1.807) is 12.4 Å². The van der Waals surface area contributed by atoms with Crippen LogP contribution in [-0.4, -0.2) is 109 Å². The Labute approximate surface area is 364 Å². The smallest absolute Gasteiger partial charge is 0.264 e. The minimum absolute atomic E-state index is 0.0973. The van der Waals surface area contributed by atoms with Gasteiger partial charge in [0.25, 0.3) is 23.6 Å². The summed E-state index contributed by atoms with van der Waals surface area (Å²) in [7, 11) is 0. The molecule has 2 aliphatic heterocycles. The van der Waals surface area contributed by atoms with E-state index in [1.165, 1.54) is 33.8 Å². The zero-order chi connectivity index (χ0) is 42.2. The van der Waals surface area contributed by atoms with E-state index in [1.807, 2.05) is 105 Å². The molecule has 4 aromatic heterocycles. The summed E-state index contributed by atoms with van der Waals surface area (Å²) in [6.07, 6.45) is 5.89. The lowest BCUT2D eigenvalue weighted by molar-refractivity contribution is 0.0744. The Morgan fingerprint density at radius 2 is 0.934 bits per heavy atom. The summed E-state index contributed by atoms with van der Waals surface area (Å²) in [5, 5.41) is 9.75. The molecule has 6 heterocycles. The molecular weight excluding hydrogens is 805 g/mol. The van der Waals surface area contributed by atoms with Crippen LogP contribution < -0.4 is 20.4 Å². The number of pyridine rings is 2. The maximum absolute atomic E-state index is 12.5. The van der Waals surface area contributed by atoms with Crippen molar-refractivity contribution >= 4 is 57.9 Å². The number of hydrogen-bond acceptors (Lipinski definition) is 10. The van der Waals surface area contributed by atoms with Gasteiger partial charge in [0.1, 0.15) is 11.6 Å². The van der Waals surface area contributed by atoms with Crippen molar-refractivity contribution < 1.29 is 19.2 Å². The first-order chi connectivity index (χ1) is 29.9. The molecule has 0 atom stereocenters. The minimum Gasteiger partial charge on any atom is -0.353 e. The van der Waals surface area contributed by atoms with Gasteiger partial charge in [-0.3, -0.25) is 19.2 Å². The summed E-state index contributed by atoms with van der Waals surface area (Å²) in [6, 6.07) is 35.3. The molecule has 0 radical (unpaired) electrons. The number of aryl methyl sites for hydroxylation is 1. The van der Waals surface area contributed by atoms with Gasteiger partial charge in [-0.05, 0) is 77.5 Å². The molecule has 0 spiro atoms. The molecule has 4 amide bonds. The van der Waals surface area contributed by atoms with E-state index in [-0.39, 0.29) is 23.6 Å². The van der Waals surface area contributed by atoms with Gasteiger partial charge in [0.15, 0.2) is 0 Å². The van der Waals surface area contributed by atoms with Crippen LogP contribution in [0.5, 0.6) is 0 Å². The number of aromatic nitrogens is 2. The SMILES string of the molecule is O=C(NCCCc1ccccc1)c1ccc(N2CCN(C(=O)c3cccs3)CC2)nc1.O=C(NCCc1ccccc1)c1ccc(N2CCN(C(=O)c3cccs3)CC2)nc1. The molecule has 2 N–H and O–H groups in total. The van der Waals surface area contributed by atoms with Crippen molar-refractivity contribution in [2.45, 2.75) is 19.3 Å². The Hall–Kier alpha value is -6.38. The van der Waals surface area contributed by atoms with E-state index in [2.05, 4.69) is 54.7 Å². The van der Waals surface area contributed by atoms with Crippen LogP contribution in [0, 0.1) is 0 Å². The summed E-state index contributed by atoms with van der Waals surface area (Å²) in [4.78, 5) is 68.2. The fourth-order valence-electron chi connectivity index (χ4n) is 7.11. The van der Waals surface area contributed by atoms with Crippen LogP contribution in [0.15, 0.2) is 132 Å². The zero-order valence-corrected chi connectivity index (χ0v) is 35.7. The summed E-state index contributed by atoms with van der Waals surface area (Å²) in [5.74, 6) is 1.65. The number of thiophene rings is 2. The minimum atomic E-state index is -0.114. The monoisotopic (exact) mass is 854 g/mol. The lowest BCUT2D eigenvalue weighted by Gasteiger charge is -2.35. The lowest BCUT2D eigenvalue weighted by atomic mass is 10.1. The molecule has 0 bridgehead atoms. The zero-order valence-electron chi connectivity index (χ0n) is 34.0. The molecule has 2 aromatic carbocycles. The maximum Gasteiger partial charge on any atom is 0.264 e. The van der Waals surface area contributed by atoms with E-state index < -0.39 is 0 Å². The van der Waals surface area contributed by atoms with Crippen molar-refractivity contribution in [3.8, 4) is 0 Å². The van der Waals surface area contributed by atoms with Crippen molar-refractivity contribution in [1.82, 2.24) is 30.4 Å². The number of hydrogen-bond donors (Lipinski definition) is 2. The normalized spacial score (nSPS) is 13.8. The van der Waals surface area contributed by atoms with Gasteiger partial charge in [0.2, 0.25) is 0 Å². The second kappa shape index (κ2) is 21.7. The maximum atomic E-state index is 12.5. The highest BCUT2D eigenvalue weighted by molar-refractivity contribution is 7.12. The topological polar surface area (TPSA) is 131 Å². The summed E-state index contributed by atoms with van der Waals surface area (Å²) in [6.45, 7) is 6.81. The van der Waals surface area contributed by atoms with Gasteiger partial charge in [-0.15, -0.1) is 22.7 Å². The number of carbonyl (C=O) groups is 4. The van der Waals surface area contributed by atoms with Gasteiger partial charge in [-0.1, -0.05) is 72.8 Å². The number of anilines is 2. The van der Waals surface area contributed by atoms with Crippen molar-refractivity contribution in [3.63, 3.8) is 0 Å². The third-order valence-electron chi connectivity index (χ3n) is 10.6. The third-order valence-corrected chi connectivity index (χ3v) is 12.3. The number of rotatable bonds is 13. The second-order valence-electron chi connectivity index (χ2n) is 14.7. The number of benzene rings is 2. The largest absolute Gasteiger partial charge is 0.353 e. The summed E-state index contributed by atoms with van der Waals surface area (Å²) in [5.41, 5.74) is 3.59. The molecule has 2 aliphatic rings. The predicted molar refractivity (Wildman–Crippen MR) is 243 cm³/mol. The van der Waals surface area contributed by atoms with Crippen molar-refractivity contribution in [3.05, 3.63) is 164 Å². The van der Waals surface area contributed by atoms with E-state index in [9.17, 15) is 19.2 Å². The molecule has 12 nitrogen and oxygen atoms in total. The van der Waals surface area contributed by atoms with Gasteiger partial charge in [-0.25, -0.2) is 9.97 Å². The molecule has 2 saturated heterocycles. The number of amides is 4. The predicted octanol–water partition coefficient (Wildman–Crippen LogP) is 6.55. The fourth-order valence-corrected chi connectivity index (χ4v) is 8.49. The Morgan fingerprint density at radius 3 is 1.34 bits per heavy atom. The Bertz CT molecular complexity index is 2280. The first kappa shape index (κ1) is 42.7. The Balaban J connectivity index is 0.000000184. The lowest BCUT2D eigenvalue weighted by Crippen LogP contribution is -2.48. The molecule has 8 rings (SSSR count). The highest BCUT2D eigenvalue weighted by atomic mass is 32.1. The van der Waals surface area contributed by atoms with Crippen LogP contribution in [0.3, 0.4) is 0 Å². The van der Waals surface area contributed by atoms with E-state index in [0.29, 0.717) is 50.4 Å². The number of piperazine rings is 2. The Kier molecular flexibility index (Phi) is 15.2. The van der Waals surface area contributed by atoms with Crippen molar-refractivity contribution in [1.29, 1.82) is 0 Å². The average molecular weight is 855 g/mol. The van der Waals surface area contributed by atoms with Crippen molar-refractivity contribution in [2.24, 2.45) is 0 Å². The average Bonchev–Trinajstić information content (AvgIpc) is 4.08. The van der Waals surface area contributed by atoms with Gasteiger partial charge in [0, 0.05) is 77.8 Å². The number of nitrogens with zero attached hydrogens (tertiary/aromatic N) is 6. The summed E-state index contributed by atoms with van der Waals surface area (Å²) >= 11 is 2.95. The van der Waals surface area contributed by atoms with Gasteiger partial charge < -0.3 is 30.2 Å². The molecule has 61 heavy (non-hydrogen) atoms. The standard InChI is InChI=1S/C24H26N4O2S.C23H24N4O2S/c29-23(25-12-4-8-19-6-2-1-3-7-19)20-10-11-22(26-18-20)27-13-15-28(16-14-27)24(30)21-9-5-17-31-21;28-22(24-11-10-18-5-2-1-3-6-18)19-8-9-21(25-17-19)26-12-14-27(15-13-26)23(29)20-7-4-16-30-20/h1-3,5-7,9-11,17-18H,4,8,12-16H2,(H,25,29);1-9,16-17H,10-15H2,(H,24,28). The molecule has 2 fully saturated rings. The van der Waals surface area contributed by atoms with E-state index in [0.717, 1.165) is 66.8 Å². The molecule has 0 aliphatic carbocycles. The third kappa shape index (κ3) is 12.1. The quantitative estimate of drug-likeness (QED) is 0.125. The van der Waals surface area contributed by atoms with Crippen molar-refractivity contribution in [2.75, 3.05) is 75.2 Å². The van der Waals surface area contributed by atoms with Crippen LogP contribution >= 0.6 is 22.7 Å². The van der Waals surface area contributed by atoms with Crippen LogP contribution in [0.4, 0.5) is 11.6 Å². The van der Waals surface area contributed by atoms with Crippen LogP contribution in [0.2, 0.25) is 0 Å². The number of nitrogens with one attached hydrogen (secondary N) is 2. The van der Waals surface area contributed by atoms with E-state index in [4.69, 9.17) is 0 Å². The molecule has 6 aromatic rings. The first-order valence-electron chi connectivity index (χ1n) is 20.6. The van der Waals surface area contributed by atoms with Gasteiger partial charge in [-0.2, -0.15) is 0 Å². The molecule has 0 saturated carbocycles. The van der Waals surface area contributed by atoms with Gasteiger partial charge >= 0.3 is 0 Å². The van der Waals surface area contributed by atoms with Crippen LogP contribution in [0.25, 0.3) is 0 Å². The molecule has 0 unspecified atom stereocenters. The number of carbonyl (C=O) groups excluding carboxylic acids is 4. The van der Waals surface area contributed by atoms with Gasteiger partial charge in [0.05, 0.1) is 20.9 Å². The molecular formula is C47H50N8O4S2.